The molecule has 0 aromatic rings. The molecule has 1 fully saturated rings. The number of fused-ring (bicyclic) bond motifs is 2. The molecule has 2 aliphatic heterocycles. The Morgan fingerprint density at radius 2 is 1.36 bits per heavy atom. The van der Waals surface area contributed by atoms with Crippen molar-refractivity contribution in [3.8, 4) is 0 Å². The Labute approximate surface area is 505 Å². The maximum Gasteiger partial charge on any atom is 0.334 e. The van der Waals surface area contributed by atoms with Gasteiger partial charge in [-0.25, -0.2) is 4.79 Å². The molecule has 18 nitrogen and oxygen atoms in total. The van der Waals surface area contributed by atoms with Crippen LogP contribution in [0.4, 0.5) is 0 Å². The summed E-state index contributed by atoms with van der Waals surface area (Å²) in [7, 11) is 3.55. The molecule has 18 unspecified atom stereocenters. The van der Waals surface area contributed by atoms with Crippen molar-refractivity contribution in [2.45, 2.75) is 283 Å². The van der Waals surface area contributed by atoms with Gasteiger partial charge < -0.3 is 75.9 Å². The number of guanidine groups is 1. The second kappa shape index (κ2) is 41.6. The lowest BCUT2D eigenvalue weighted by molar-refractivity contribution is -0.333. The number of allylic oxidation sites excluding steroid dienone is 6. The number of carbonyl (C=O) groups excluding carboxylic acids is 2. The van der Waals surface area contributed by atoms with Gasteiger partial charge in [0.25, 0.3) is 0 Å². The molecular formula is C66H117N3O15. The minimum Gasteiger partial charge on any atom is -0.462 e. The Balaban J connectivity index is 2.42. The largest absolute Gasteiger partial charge is 0.462 e. The summed E-state index contributed by atoms with van der Waals surface area (Å²) in [6, 6.07) is 0. The third-order valence-electron chi connectivity index (χ3n) is 17.1. The van der Waals surface area contributed by atoms with E-state index in [1.807, 2.05) is 20.0 Å². The van der Waals surface area contributed by atoms with Gasteiger partial charge in [-0.15, -0.1) is 0 Å². The molecule has 0 saturated carbocycles. The topological polar surface area (TPSA) is 301 Å². The van der Waals surface area contributed by atoms with E-state index in [-0.39, 0.29) is 69.6 Å². The standard InChI is InChI=1S/C66H117N3O15/c1-43(2)26-20-16-12-13-18-22-32-61(78)82-53-37-51(70)36-52(71)38-56(73)44(3)28-24-30-48(7)62(47(6)27-21-17-14-15-19-23-35-69-65(67-10)68-11)83-64(80)49(8)31-25-29-45(4)57(74)41-58(75)50(9)55(72)34-33-46(5)60(77)42-66(81)63(79)59(76)40-54(39-53)84-66/h14-15,24-25,28-31,43,45-48,50-60,62-63,70-77,79,81H,12-13,16-23,26-27,32-42H2,1-11H3,(H2,67,68,69). The number of nitrogens with one attached hydrogen (secondary N) is 2. The van der Waals surface area contributed by atoms with E-state index < -0.39 is 115 Å². The first-order valence-electron chi connectivity index (χ1n) is 31.9. The van der Waals surface area contributed by atoms with Crippen LogP contribution >= 0.6 is 0 Å². The van der Waals surface area contributed by atoms with Crippen LogP contribution in [-0.4, -0.2) is 169 Å². The first-order valence-corrected chi connectivity index (χ1v) is 31.9. The molecule has 2 aliphatic rings. The maximum absolute atomic E-state index is 13.7. The first-order chi connectivity index (χ1) is 39.7. The Kier molecular flexibility index (Phi) is 37.9. The van der Waals surface area contributed by atoms with Crippen molar-refractivity contribution >= 4 is 17.9 Å². The number of aliphatic imine (C=N–C) groups is 1. The average Bonchev–Trinajstić information content (AvgIpc) is 3.61. The predicted molar refractivity (Wildman–Crippen MR) is 331 cm³/mol. The quantitative estimate of drug-likeness (QED) is 0.0192. The molecule has 2 bridgehead atoms. The minimum absolute atomic E-state index is 0.0328. The molecule has 2 rings (SSSR count). The number of hydrogen-bond donors (Lipinski definition) is 12. The van der Waals surface area contributed by atoms with Gasteiger partial charge in [-0.05, 0) is 95.0 Å². The summed E-state index contributed by atoms with van der Waals surface area (Å²) in [6.45, 7) is 17.8. The molecule has 84 heavy (non-hydrogen) atoms. The van der Waals surface area contributed by atoms with Crippen LogP contribution in [0.25, 0.3) is 0 Å². The fourth-order valence-corrected chi connectivity index (χ4v) is 11.1. The number of esters is 2. The summed E-state index contributed by atoms with van der Waals surface area (Å²) < 4.78 is 18.3. The third kappa shape index (κ3) is 30.4. The van der Waals surface area contributed by atoms with Crippen LogP contribution in [-0.2, 0) is 23.8 Å². The second-order valence-electron chi connectivity index (χ2n) is 25.3. The molecule has 0 aliphatic carbocycles. The van der Waals surface area contributed by atoms with Gasteiger partial charge in [0.15, 0.2) is 11.7 Å². The zero-order chi connectivity index (χ0) is 62.9. The Morgan fingerprint density at radius 1 is 0.726 bits per heavy atom. The summed E-state index contributed by atoms with van der Waals surface area (Å²) in [6.07, 6.45) is 11.8. The number of cyclic esters (lactones) is 1. The van der Waals surface area contributed by atoms with E-state index in [4.69, 9.17) is 14.2 Å². The predicted octanol–water partition coefficient (Wildman–Crippen LogP) is 7.93. The molecule has 0 aromatic carbocycles. The van der Waals surface area contributed by atoms with Gasteiger partial charge in [0.1, 0.15) is 18.3 Å². The van der Waals surface area contributed by atoms with Crippen molar-refractivity contribution in [1.29, 1.82) is 0 Å². The van der Waals surface area contributed by atoms with Gasteiger partial charge >= 0.3 is 11.9 Å². The molecule has 0 aromatic heterocycles. The normalized spacial score (nSPS) is 33.6. The van der Waals surface area contributed by atoms with Gasteiger partial charge in [-0.1, -0.05) is 136 Å². The van der Waals surface area contributed by atoms with Crippen molar-refractivity contribution in [2.75, 3.05) is 20.6 Å². The highest BCUT2D eigenvalue weighted by Crippen LogP contribution is 2.36. The van der Waals surface area contributed by atoms with Gasteiger partial charge in [0.2, 0.25) is 0 Å². The van der Waals surface area contributed by atoms with E-state index in [1.165, 1.54) is 12.8 Å². The van der Waals surface area contributed by atoms with Crippen molar-refractivity contribution in [1.82, 2.24) is 10.6 Å². The van der Waals surface area contributed by atoms with Crippen LogP contribution < -0.4 is 10.6 Å². The minimum atomic E-state index is -2.43. The van der Waals surface area contributed by atoms with Crippen molar-refractivity contribution in [3.05, 3.63) is 59.8 Å². The molecule has 486 valence electrons. The van der Waals surface area contributed by atoms with E-state index in [0.29, 0.717) is 23.5 Å². The summed E-state index contributed by atoms with van der Waals surface area (Å²) in [5.41, 5.74) is 0.894. The molecule has 0 spiro atoms. The molecule has 12 N–H and O–H groups in total. The van der Waals surface area contributed by atoms with E-state index >= 15 is 0 Å². The lowest BCUT2D eigenvalue weighted by Crippen LogP contribution is -2.60. The summed E-state index contributed by atoms with van der Waals surface area (Å²) >= 11 is 0. The monoisotopic (exact) mass is 1190 g/mol. The van der Waals surface area contributed by atoms with Gasteiger partial charge in [0.05, 0.1) is 54.9 Å². The summed E-state index contributed by atoms with van der Waals surface area (Å²) in [5, 5.41) is 119. The SMILES string of the molecule is CN=C(NC)NCCCC=CCCCC(C)C1OC(=O)C(C)=CC=CC(C)C(O)CC(O)C(C)C(O)CCC(C)C(O)CC2(O)OC(CC(OC(=O)CCCCCCCCC(C)C)CC(O)CC(O)CC(O)C(C)=CC=CC1C)CC(O)C2O. The van der Waals surface area contributed by atoms with E-state index in [0.717, 1.165) is 70.3 Å². The van der Waals surface area contributed by atoms with Crippen LogP contribution in [0.5, 0.6) is 0 Å². The number of aliphatic hydroxyl groups excluding tert-OH is 9. The molecule has 18 heteroatoms. The fraction of sp³-hybridized carbons (Fsp3) is 0.803. The Morgan fingerprint density at radius 3 is 2.02 bits per heavy atom. The van der Waals surface area contributed by atoms with Crippen LogP contribution in [0.3, 0.4) is 0 Å². The van der Waals surface area contributed by atoms with Crippen LogP contribution in [0.2, 0.25) is 0 Å². The van der Waals surface area contributed by atoms with Crippen molar-refractivity contribution in [3.63, 3.8) is 0 Å². The summed E-state index contributed by atoms with van der Waals surface area (Å²) in [5.74, 6) is -3.97. The number of carbonyl (C=O) groups is 2. The average molecular weight is 1190 g/mol. The smallest absolute Gasteiger partial charge is 0.334 e. The third-order valence-corrected chi connectivity index (χ3v) is 17.1. The van der Waals surface area contributed by atoms with Gasteiger partial charge in [-0.2, -0.15) is 0 Å². The Bertz CT molecular complexity index is 2010. The lowest BCUT2D eigenvalue weighted by atomic mass is 9.84. The zero-order valence-electron chi connectivity index (χ0n) is 53.2. The Hall–Kier alpha value is -3.53. The molecular weight excluding hydrogens is 1070 g/mol. The van der Waals surface area contributed by atoms with E-state index in [1.54, 1.807) is 72.0 Å². The van der Waals surface area contributed by atoms with Crippen molar-refractivity contribution in [2.24, 2.45) is 40.5 Å². The molecule has 18 atom stereocenters. The van der Waals surface area contributed by atoms with Crippen LogP contribution in [0.15, 0.2) is 64.7 Å². The second-order valence-corrected chi connectivity index (χ2v) is 25.3. The number of nitrogens with zero attached hydrogens (tertiary/aromatic N) is 1. The maximum atomic E-state index is 13.7. The number of rotatable bonds is 19. The number of unbranched alkanes of at least 4 members (excludes halogenated alkanes) is 7. The number of hydrogen-bond acceptors (Lipinski definition) is 16. The zero-order valence-corrected chi connectivity index (χ0v) is 53.2. The van der Waals surface area contributed by atoms with Crippen LogP contribution in [0, 0.1) is 35.5 Å². The molecule has 2 heterocycles. The fourth-order valence-electron chi connectivity index (χ4n) is 11.1. The first kappa shape index (κ1) is 76.6. The van der Waals surface area contributed by atoms with Crippen molar-refractivity contribution < 1.29 is 74.9 Å². The highest BCUT2D eigenvalue weighted by Gasteiger charge is 2.50. The number of ether oxygens (including phenoxy) is 3. The van der Waals surface area contributed by atoms with Gasteiger partial charge in [-0.3, -0.25) is 9.79 Å². The highest BCUT2D eigenvalue weighted by molar-refractivity contribution is 5.88. The van der Waals surface area contributed by atoms with Gasteiger partial charge in [0, 0.05) is 88.9 Å². The van der Waals surface area contributed by atoms with E-state index in [9.17, 15) is 60.7 Å². The highest BCUT2D eigenvalue weighted by atomic mass is 16.7. The summed E-state index contributed by atoms with van der Waals surface area (Å²) in [4.78, 5) is 31.2. The molecule has 1 saturated heterocycles. The molecule has 0 amide bonds. The van der Waals surface area contributed by atoms with Crippen LogP contribution in [0.1, 0.15) is 204 Å². The van der Waals surface area contributed by atoms with E-state index in [2.05, 4.69) is 48.5 Å². The number of aliphatic hydroxyl groups is 10. The lowest BCUT2D eigenvalue weighted by Gasteiger charge is -2.45. The molecule has 0 radical (unpaired) electrons.